The third kappa shape index (κ3) is 6.80. The second-order valence-electron chi connectivity index (χ2n) is 6.60. The Labute approximate surface area is 181 Å². The van der Waals surface area contributed by atoms with Crippen LogP contribution in [0.4, 0.5) is 5.69 Å². The second kappa shape index (κ2) is 10.2. The lowest BCUT2D eigenvalue weighted by Gasteiger charge is -2.23. The van der Waals surface area contributed by atoms with Crippen LogP contribution >= 0.6 is 23.2 Å². The molecule has 2 aromatic carbocycles. The predicted molar refractivity (Wildman–Crippen MR) is 117 cm³/mol. The Bertz CT molecular complexity index is 949. The van der Waals surface area contributed by atoms with E-state index in [0.29, 0.717) is 17.1 Å². The number of hydrogen-bond donors (Lipinski definition) is 1. The molecule has 0 aliphatic carbocycles. The first-order chi connectivity index (χ1) is 13.6. The van der Waals surface area contributed by atoms with Gasteiger partial charge in [0.05, 0.1) is 30.1 Å². The molecule has 0 aliphatic heterocycles. The molecule has 1 atom stereocenters. The number of carbonyl (C=O) groups is 1. The van der Waals surface area contributed by atoms with Crippen molar-refractivity contribution in [1.82, 2.24) is 5.32 Å². The van der Waals surface area contributed by atoms with Gasteiger partial charge in [-0.05, 0) is 49.2 Å². The van der Waals surface area contributed by atoms with Crippen molar-refractivity contribution in [2.75, 3.05) is 24.2 Å². The predicted octanol–water partition coefficient (Wildman–Crippen LogP) is 4.43. The van der Waals surface area contributed by atoms with Gasteiger partial charge in [0.1, 0.15) is 5.75 Å². The molecule has 0 aliphatic rings. The molecule has 6 nitrogen and oxygen atoms in total. The molecule has 1 amide bonds. The lowest BCUT2D eigenvalue weighted by atomic mass is 10.1. The van der Waals surface area contributed by atoms with Crippen molar-refractivity contribution in [1.29, 1.82) is 0 Å². The van der Waals surface area contributed by atoms with E-state index in [-0.39, 0.29) is 29.9 Å². The summed E-state index contributed by atoms with van der Waals surface area (Å²) in [7, 11) is -1.99. The number of ether oxygens (including phenoxy) is 1. The number of halogens is 2. The normalized spacial score (nSPS) is 12.3. The van der Waals surface area contributed by atoms with Gasteiger partial charge in [-0.3, -0.25) is 9.10 Å². The number of benzene rings is 2. The van der Waals surface area contributed by atoms with Crippen LogP contribution in [0.2, 0.25) is 10.0 Å². The molecule has 0 saturated carbocycles. The van der Waals surface area contributed by atoms with Gasteiger partial charge in [-0.2, -0.15) is 0 Å². The van der Waals surface area contributed by atoms with Crippen LogP contribution in [0, 0.1) is 0 Å². The fourth-order valence-electron chi connectivity index (χ4n) is 2.81. The highest BCUT2D eigenvalue weighted by Gasteiger charge is 2.21. The molecule has 2 rings (SSSR count). The number of nitrogens with one attached hydrogen (secondary N) is 1. The van der Waals surface area contributed by atoms with E-state index in [9.17, 15) is 13.2 Å². The van der Waals surface area contributed by atoms with E-state index in [1.165, 1.54) is 10.4 Å². The lowest BCUT2D eigenvalue weighted by Crippen LogP contribution is -2.32. The molecule has 0 aromatic heterocycles. The summed E-state index contributed by atoms with van der Waals surface area (Å²) < 4.78 is 30.7. The highest BCUT2D eigenvalue weighted by Crippen LogP contribution is 2.31. The zero-order valence-corrected chi connectivity index (χ0v) is 18.8. The zero-order valence-electron chi connectivity index (χ0n) is 16.5. The van der Waals surface area contributed by atoms with Crippen molar-refractivity contribution < 1.29 is 17.9 Å². The van der Waals surface area contributed by atoms with Gasteiger partial charge < -0.3 is 10.1 Å². The van der Waals surface area contributed by atoms with Gasteiger partial charge in [-0.25, -0.2) is 8.42 Å². The van der Waals surface area contributed by atoms with Gasteiger partial charge in [0.15, 0.2) is 0 Å². The molecule has 9 heteroatoms. The van der Waals surface area contributed by atoms with Crippen molar-refractivity contribution in [3.63, 3.8) is 0 Å². The van der Waals surface area contributed by atoms with Gasteiger partial charge in [0.2, 0.25) is 15.9 Å². The summed E-state index contributed by atoms with van der Waals surface area (Å²) in [6, 6.07) is 11.9. The van der Waals surface area contributed by atoms with Crippen LogP contribution in [0.25, 0.3) is 0 Å². The first kappa shape index (κ1) is 23.3. The minimum absolute atomic E-state index is 0.114. The van der Waals surface area contributed by atoms with Crippen molar-refractivity contribution in [2.24, 2.45) is 0 Å². The molecule has 0 radical (unpaired) electrons. The maximum atomic E-state index is 12.3. The second-order valence-corrected chi connectivity index (χ2v) is 9.35. The molecule has 0 unspecified atom stereocenters. The van der Waals surface area contributed by atoms with Gasteiger partial charge in [0, 0.05) is 18.0 Å². The molecule has 0 spiro atoms. The van der Waals surface area contributed by atoms with Crippen LogP contribution in [0.1, 0.15) is 31.4 Å². The molecule has 158 valence electrons. The lowest BCUT2D eigenvalue weighted by molar-refractivity contribution is -0.121. The first-order valence-electron chi connectivity index (χ1n) is 8.98. The summed E-state index contributed by atoms with van der Waals surface area (Å²) >= 11 is 12.1. The number of amides is 1. The monoisotopic (exact) mass is 458 g/mol. The number of carbonyl (C=O) groups excluding carboxylic acids is 1. The highest BCUT2D eigenvalue weighted by atomic mass is 35.5. The van der Waals surface area contributed by atoms with Gasteiger partial charge >= 0.3 is 0 Å². The van der Waals surface area contributed by atoms with Crippen molar-refractivity contribution in [3.05, 3.63) is 58.1 Å². The summed E-state index contributed by atoms with van der Waals surface area (Å²) in [5, 5.41) is 3.57. The summed E-state index contributed by atoms with van der Waals surface area (Å²) in [5.41, 5.74) is 1.25. The van der Waals surface area contributed by atoms with Gasteiger partial charge in [-0.15, -0.1) is 0 Å². The summed E-state index contributed by atoms with van der Waals surface area (Å²) in [6.07, 6.45) is 1.60. The summed E-state index contributed by atoms with van der Waals surface area (Å²) in [5.74, 6) is 0.576. The quantitative estimate of drug-likeness (QED) is 0.602. The zero-order chi connectivity index (χ0) is 21.6. The van der Waals surface area contributed by atoms with E-state index in [0.717, 1.165) is 17.6 Å². The van der Waals surface area contributed by atoms with E-state index in [1.807, 2.05) is 31.2 Å². The van der Waals surface area contributed by atoms with E-state index in [2.05, 4.69) is 5.32 Å². The van der Waals surface area contributed by atoms with Crippen LogP contribution in [-0.4, -0.2) is 34.2 Å². The fraction of sp³-hybridized carbons (Fsp3) is 0.350. The molecule has 2 aromatic rings. The Morgan fingerprint density at radius 1 is 1.17 bits per heavy atom. The van der Waals surface area contributed by atoms with Crippen LogP contribution in [0.5, 0.6) is 5.75 Å². The summed E-state index contributed by atoms with van der Waals surface area (Å²) in [4.78, 5) is 12.3. The van der Waals surface area contributed by atoms with Crippen molar-refractivity contribution in [3.8, 4) is 5.75 Å². The summed E-state index contributed by atoms with van der Waals surface area (Å²) in [6.45, 7) is 2.00. The highest BCUT2D eigenvalue weighted by molar-refractivity contribution is 7.92. The molecule has 0 bridgehead atoms. The van der Waals surface area contributed by atoms with Crippen LogP contribution in [-0.2, 0) is 14.8 Å². The number of anilines is 1. The molecule has 29 heavy (non-hydrogen) atoms. The average Bonchev–Trinajstić information content (AvgIpc) is 2.66. The Hall–Kier alpha value is -1.96. The molecule has 0 heterocycles. The Kier molecular flexibility index (Phi) is 8.19. The van der Waals surface area contributed by atoms with Crippen LogP contribution in [0.3, 0.4) is 0 Å². The van der Waals surface area contributed by atoms with Crippen molar-refractivity contribution in [2.45, 2.75) is 25.8 Å². The number of sulfonamides is 1. The first-order valence-corrected chi connectivity index (χ1v) is 11.6. The standard InChI is InChI=1S/C20H24Cl2N2O4S/c1-14(15-6-9-17(28-2)10-7-15)23-20(25)5-4-12-24(29(3,26)27)19-13-16(21)8-11-18(19)22/h6-11,13-14H,4-5,12H2,1-3H3,(H,23,25)/t14-/m1/s1. The van der Waals surface area contributed by atoms with Crippen LogP contribution < -0.4 is 14.4 Å². The minimum atomic E-state index is -3.58. The molecular formula is C20H24Cl2N2O4S. The third-order valence-electron chi connectivity index (χ3n) is 4.34. The molecular weight excluding hydrogens is 435 g/mol. The van der Waals surface area contributed by atoms with E-state index >= 15 is 0 Å². The molecule has 0 fully saturated rings. The van der Waals surface area contributed by atoms with Gasteiger partial charge in [0.25, 0.3) is 0 Å². The van der Waals surface area contributed by atoms with Crippen molar-refractivity contribution >= 4 is 44.8 Å². The largest absolute Gasteiger partial charge is 0.497 e. The fourth-order valence-corrected chi connectivity index (χ4v) is 4.22. The Morgan fingerprint density at radius 3 is 2.41 bits per heavy atom. The van der Waals surface area contributed by atoms with Gasteiger partial charge in [-0.1, -0.05) is 35.3 Å². The SMILES string of the molecule is COc1ccc([C@@H](C)NC(=O)CCCN(c2cc(Cl)ccc2Cl)S(C)(=O)=O)cc1. The number of rotatable bonds is 9. The van der Waals surface area contributed by atoms with E-state index in [1.54, 1.807) is 19.2 Å². The molecule has 1 N–H and O–H groups in total. The minimum Gasteiger partial charge on any atom is -0.497 e. The van der Waals surface area contributed by atoms with Crippen LogP contribution in [0.15, 0.2) is 42.5 Å². The third-order valence-corrected chi connectivity index (χ3v) is 6.07. The number of nitrogens with zero attached hydrogens (tertiary/aromatic N) is 1. The Balaban J connectivity index is 1.96. The number of methoxy groups -OCH3 is 1. The Morgan fingerprint density at radius 2 is 1.83 bits per heavy atom. The topological polar surface area (TPSA) is 75.7 Å². The number of hydrogen-bond acceptors (Lipinski definition) is 4. The van der Waals surface area contributed by atoms with E-state index in [4.69, 9.17) is 27.9 Å². The average molecular weight is 459 g/mol. The maximum Gasteiger partial charge on any atom is 0.232 e. The maximum absolute atomic E-state index is 12.3. The van der Waals surface area contributed by atoms with E-state index < -0.39 is 10.0 Å². The molecule has 0 saturated heterocycles. The smallest absolute Gasteiger partial charge is 0.232 e.